The molecule has 40 heavy (non-hydrogen) atoms. The van der Waals surface area contributed by atoms with Gasteiger partial charge in [0.2, 0.25) is 5.91 Å². The van der Waals surface area contributed by atoms with Crippen molar-refractivity contribution in [2.45, 2.75) is 129 Å². The average Bonchev–Trinajstić information content (AvgIpc) is 2.91. The molecule has 11 nitrogen and oxygen atoms in total. The van der Waals surface area contributed by atoms with Gasteiger partial charge in [-0.15, -0.1) is 0 Å². The first-order chi connectivity index (χ1) is 19.1. The highest BCUT2D eigenvalue weighted by atomic mass is 31.2. The lowest BCUT2D eigenvalue weighted by molar-refractivity contribution is -0.147. The number of phosphoric ester groups is 1. The van der Waals surface area contributed by atoms with Crippen molar-refractivity contribution in [2.24, 2.45) is 0 Å². The molecule has 0 aliphatic carbocycles. The first-order valence-electron chi connectivity index (χ1n) is 14.7. The number of aliphatic carboxylic acids is 1. The van der Waals surface area contributed by atoms with Gasteiger partial charge in [0.25, 0.3) is 0 Å². The smallest absolute Gasteiger partial charge is 0.472 e. The molecule has 0 fully saturated rings. The minimum Gasteiger partial charge on any atom is -0.480 e. The topological polar surface area (TPSA) is 169 Å². The molecule has 0 saturated heterocycles. The van der Waals surface area contributed by atoms with E-state index in [1.807, 2.05) is 6.92 Å². The van der Waals surface area contributed by atoms with E-state index < -0.39 is 57.6 Å². The molecule has 0 radical (unpaired) electrons. The van der Waals surface area contributed by atoms with Gasteiger partial charge in [-0.3, -0.25) is 18.6 Å². The molecule has 0 spiro atoms. The highest BCUT2D eigenvalue weighted by Crippen LogP contribution is 2.43. The summed E-state index contributed by atoms with van der Waals surface area (Å²) in [6.45, 7) is 2.28. The van der Waals surface area contributed by atoms with E-state index in [9.17, 15) is 34.1 Å². The van der Waals surface area contributed by atoms with Crippen LogP contribution in [0.5, 0.6) is 0 Å². The van der Waals surface area contributed by atoms with Crippen LogP contribution in [0.2, 0.25) is 0 Å². The van der Waals surface area contributed by atoms with Crippen LogP contribution >= 0.6 is 7.82 Å². The van der Waals surface area contributed by atoms with Gasteiger partial charge in [-0.25, -0.2) is 9.36 Å². The highest BCUT2D eigenvalue weighted by Gasteiger charge is 2.28. The van der Waals surface area contributed by atoms with Crippen molar-refractivity contribution in [3.05, 3.63) is 12.2 Å². The second kappa shape index (κ2) is 25.0. The molecule has 0 saturated carbocycles. The number of aliphatic hydroxyl groups excluding tert-OH is 1. The lowest BCUT2D eigenvalue weighted by atomic mass is 10.1. The number of carbonyl (C=O) groups is 3. The predicted molar refractivity (Wildman–Crippen MR) is 153 cm³/mol. The Morgan fingerprint density at radius 2 is 1.30 bits per heavy atom. The summed E-state index contributed by atoms with van der Waals surface area (Å²) < 4.78 is 26.3. The summed E-state index contributed by atoms with van der Waals surface area (Å²) in [6.07, 6.45) is 18.0. The maximum atomic E-state index is 12.0. The molecule has 234 valence electrons. The summed E-state index contributed by atoms with van der Waals surface area (Å²) in [5.74, 6) is -2.42. The molecule has 12 heteroatoms. The lowest BCUT2D eigenvalue weighted by Crippen LogP contribution is -2.43. The molecule has 0 aromatic rings. The first kappa shape index (κ1) is 38.2. The molecule has 0 aromatic carbocycles. The maximum absolute atomic E-state index is 12.0. The Morgan fingerprint density at radius 1 is 0.775 bits per heavy atom. The number of esters is 1. The minimum absolute atomic E-state index is 0.132. The summed E-state index contributed by atoms with van der Waals surface area (Å²) in [5, 5.41) is 21.3. The number of carboxylic acids is 1. The molecular weight excluding hydrogens is 541 g/mol. The summed E-state index contributed by atoms with van der Waals surface area (Å²) in [4.78, 5) is 44.7. The molecular formula is C28H52NO10P. The summed E-state index contributed by atoms with van der Waals surface area (Å²) in [6, 6.07) is -1.54. The molecule has 0 aliphatic heterocycles. The van der Waals surface area contributed by atoms with Gasteiger partial charge in [-0.1, -0.05) is 77.4 Å². The quantitative estimate of drug-likeness (QED) is 0.0417. The fraction of sp³-hybridized carbons (Fsp3) is 0.821. The van der Waals surface area contributed by atoms with Crippen LogP contribution in [0.25, 0.3) is 0 Å². The molecule has 3 atom stereocenters. The van der Waals surface area contributed by atoms with Crippen molar-refractivity contribution in [3.63, 3.8) is 0 Å². The van der Waals surface area contributed by atoms with Crippen LogP contribution in [0.3, 0.4) is 0 Å². The Hall–Kier alpha value is -1.78. The van der Waals surface area contributed by atoms with E-state index in [1.54, 1.807) is 0 Å². The number of allylic oxidation sites excluding steroid dienone is 2. The van der Waals surface area contributed by atoms with E-state index >= 15 is 0 Å². The van der Waals surface area contributed by atoms with E-state index in [0.29, 0.717) is 12.8 Å². The van der Waals surface area contributed by atoms with Gasteiger partial charge in [-0.2, -0.15) is 0 Å². The fourth-order valence-electron chi connectivity index (χ4n) is 3.66. The third-order valence-corrected chi connectivity index (χ3v) is 7.01. The number of carboxylic acid groups (broad SMARTS) is 1. The molecule has 0 heterocycles. The number of carbonyl (C=O) groups excluding carboxylic acids is 2. The Balaban J connectivity index is 3.96. The lowest BCUT2D eigenvalue weighted by Gasteiger charge is -2.18. The minimum atomic E-state index is -4.72. The number of aliphatic hydroxyl groups is 1. The number of nitrogens with one attached hydrogen (secondary N) is 1. The highest BCUT2D eigenvalue weighted by molar-refractivity contribution is 7.47. The molecule has 0 rings (SSSR count). The van der Waals surface area contributed by atoms with Gasteiger partial charge in [0.1, 0.15) is 12.7 Å². The Morgan fingerprint density at radius 3 is 1.93 bits per heavy atom. The SMILES string of the molecule is CCCCCC/C=C\CCCCCCCC(=O)OCC(O)COP(=O)(O)OCC(NC(=O)CCCCC)C(=O)O. The zero-order chi connectivity index (χ0) is 30.1. The molecule has 4 N–H and O–H groups in total. The second-order valence-electron chi connectivity index (χ2n) is 9.94. The van der Waals surface area contributed by atoms with Gasteiger partial charge in [0, 0.05) is 12.8 Å². The third kappa shape index (κ3) is 24.1. The average molecular weight is 594 g/mol. The van der Waals surface area contributed by atoms with Gasteiger partial charge < -0.3 is 25.2 Å². The van der Waals surface area contributed by atoms with Crippen LogP contribution in [0.4, 0.5) is 0 Å². The zero-order valence-electron chi connectivity index (χ0n) is 24.4. The third-order valence-electron chi connectivity index (χ3n) is 6.05. The van der Waals surface area contributed by atoms with Crippen molar-refractivity contribution >= 4 is 25.7 Å². The Labute approximate surface area is 239 Å². The van der Waals surface area contributed by atoms with Crippen molar-refractivity contribution in [1.82, 2.24) is 5.32 Å². The Kier molecular flexibility index (Phi) is 23.9. The van der Waals surface area contributed by atoms with Crippen LogP contribution < -0.4 is 5.32 Å². The molecule has 0 aliphatic rings. The number of unbranched alkanes of at least 4 members (excludes halogenated alkanes) is 11. The number of rotatable bonds is 27. The number of phosphoric acid groups is 1. The van der Waals surface area contributed by atoms with E-state index in [1.165, 1.54) is 25.7 Å². The van der Waals surface area contributed by atoms with Crippen molar-refractivity contribution in [3.8, 4) is 0 Å². The molecule has 0 aromatic heterocycles. The zero-order valence-corrected chi connectivity index (χ0v) is 25.3. The van der Waals surface area contributed by atoms with Gasteiger partial charge in [0.15, 0.2) is 6.04 Å². The normalized spacial score (nSPS) is 14.5. The largest absolute Gasteiger partial charge is 0.480 e. The van der Waals surface area contributed by atoms with E-state index in [2.05, 4.69) is 33.4 Å². The number of ether oxygens (including phenoxy) is 1. The number of hydrogen-bond acceptors (Lipinski definition) is 8. The summed E-state index contributed by atoms with van der Waals surface area (Å²) in [7, 11) is -4.72. The van der Waals surface area contributed by atoms with Gasteiger partial charge in [-0.05, 0) is 38.5 Å². The number of amides is 1. The van der Waals surface area contributed by atoms with Crippen molar-refractivity contribution in [2.75, 3.05) is 19.8 Å². The second-order valence-corrected chi connectivity index (χ2v) is 11.4. The van der Waals surface area contributed by atoms with Crippen LogP contribution in [0, 0.1) is 0 Å². The number of hydrogen-bond donors (Lipinski definition) is 4. The summed E-state index contributed by atoms with van der Waals surface area (Å²) in [5.41, 5.74) is 0. The van der Waals surface area contributed by atoms with Gasteiger partial charge in [0.05, 0.1) is 13.2 Å². The van der Waals surface area contributed by atoms with E-state index in [4.69, 9.17) is 4.74 Å². The van der Waals surface area contributed by atoms with Crippen LogP contribution in [-0.4, -0.2) is 64.9 Å². The maximum Gasteiger partial charge on any atom is 0.472 e. The van der Waals surface area contributed by atoms with E-state index in [-0.39, 0.29) is 12.8 Å². The fourth-order valence-corrected chi connectivity index (χ4v) is 4.43. The van der Waals surface area contributed by atoms with Crippen LogP contribution in [0.1, 0.15) is 117 Å². The van der Waals surface area contributed by atoms with Crippen molar-refractivity contribution in [1.29, 1.82) is 0 Å². The van der Waals surface area contributed by atoms with Gasteiger partial charge >= 0.3 is 19.8 Å². The first-order valence-corrected chi connectivity index (χ1v) is 16.2. The Bertz CT molecular complexity index is 761. The molecule has 0 bridgehead atoms. The molecule has 1 amide bonds. The van der Waals surface area contributed by atoms with Crippen molar-refractivity contribution < 1.29 is 47.8 Å². The van der Waals surface area contributed by atoms with Crippen LogP contribution in [-0.2, 0) is 32.7 Å². The monoisotopic (exact) mass is 593 g/mol. The summed E-state index contributed by atoms with van der Waals surface area (Å²) >= 11 is 0. The van der Waals surface area contributed by atoms with E-state index in [0.717, 1.165) is 51.4 Å². The predicted octanol–water partition coefficient (Wildman–Crippen LogP) is 5.43. The standard InChI is InChI=1S/C28H52NO10P/c1-3-5-7-8-9-10-11-12-13-14-15-16-18-20-27(32)37-21-24(30)22-38-40(35,36)39-23-25(28(33)34)29-26(31)19-17-6-4-2/h10-11,24-25,30H,3-9,12-23H2,1-2H3,(H,29,31)(H,33,34)(H,35,36)/b11-10-. The molecule has 3 unspecified atom stereocenters. The van der Waals surface area contributed by atoms with Crippen LogP contribution in [0.15, 0.2) is 12.2 Å².